The van der Waals surface area contributed by atoms with Gasteiger partial charge in [-0.25, -0.2) is 4.39 Å². The molecule has 0 aliphatic heterocycles. The van der Waals surface area contributed by atoms with Gasteiger partial charge in [0.05, 0.1) is 6.04 Å². The number of hydrogen-bond acceptors (Lipinski definition) is 2. The highest BCUT2D eigenvalue weighted by Gasteiger charge is 2.16. The van der Waals surface area contributed by atoms with Gasteiger partial charge >= 0.3 is 0 Å². The van der Waals surface area contributed by atoms with Crippen molar-refractivity contribution in [3.63, 3.8) is 0 Å². The third-order valence-electron chi connectivity index (χ3n) is 3.38. The molecular formula is C16H14FNS. The van der Waals surface area contributed by atoms with Crippen LogP contribution < -0.4 is 5.32 Å². The first kappa shape index (κ1) is 12.3. The van der Waals surface area contributed by atoms with Crippen molar-refractivity contribution < 1.29 is 4.39 Å². The summed E-state index contributed by atoms with van der Waals surface area (Å²) in [5.74, 6) is -0.167. The van der Waals surface area contributed by atoms with Crippen LogP contribution in [0, 0.1) is 5.82 Å². The largest absolute Gasteiger partial charge is 0.309 e. The highest BCUT2D eigenvalue weighted by molar-refractivity contribution is 7.08. The van der Waals surface area contributed by atoms with E-state index < -0.39 is 0 Å². The van der Waals surface area contributed by atoms with E-state index in [1.165, 1.54) is 5.56 Å². The molecule has 1 nitrogen and oxygen atoms in total. The zero-order valence-corrected chi connectivity index (χ0v) is 11.4. The lowest BCUT2D eigenvalue weighted by molar-refractivity contribution is 0.637. The standard InChI is InChI=1S/C16H14FNS/c1-18-16(11-8-9-19-10-11)14-6-7-15(17)13-5-3-2-4-12(13)14/h2-10,16,18H,1H3. The summed E-state index contributed by atoms with van der Waals surface area (Å²) >= 11 is 1.67. The number of nitrogens with one attached hydrogen (secondary N) is 1. The van der Waals surface area contributed by atoms with E-state index in [0.717, 1.165) is 10.9 Å². The predicted molar refractivity (Wildman–Crippen MR) is 79.1 cm³/mol. The number of halogens is 1. The molecular weight excluding hydrogens is 257 g/mol. The smallest absolute Gasteiger partial charge is 0.131 e. The minimum atomic E-state index is -0.167. The summed E-state index contributed by atoms with van der Waals surface area (Å²) in [6.07, 6.45) is 0. The Morgan fingerprint density at radius 3 is 2.53 bits per heavy atom. The van der Waals surface area contributed by atoms with E-state index in [-0.39, 0.29) is 11.9 Å². The van der Waals surface area contributed by atoms with Crippen LogP contribution in [0.1, 0.15) is 17.2 Å². The van der Waals surface area contributed by atoms with Gasteiger partial charge in [-0.1, -0.05) is 30.3 Å². The van der Waals surface area contributed by atoms with Gasteiger partial charge in [0.15, 0.2) is 0 Å². The van der Waals surface area contributed by atoms with Gasteiger partial charge in [0, 0.05) is 5.39 Å². The van der Waals surface area contributed by atoms with Crippen molar-refractivity contribution in [2.45, 2.75) is 6.04 Å². The first-order chi connectivity index (χ1) is 9.31. The average Bonchev–Trinajstić information content (AvgIpc) is 2.96. The SMILES string of the molecule is CNC(c1ccsc1)c1ccc(F)c2ccccc12. The maximum atomic E-state index is 13.9. The Morgan fingerprint density at radius 2 is 1.84 bits per heavy atom. The second-order valence-corrected chi connectivity index (χ2v) is 5.24. The Labute approximate surface area is 115 Å². The third kappa shape index (κ3) is 2.15. The predicted octanol–water partition coefficient (Wildman–Crippen LogP) is 4.35. The zero-order chi connectivity index (χ0) is 13.2. The Hall–Kier alpha value is -1.71. The summed E-state index contributed by atoms with van der Waals surface area (Å²) in [6.45, 7) is 0. The topological polar surface area (TPSA) is 12.0 Å². The monoisotopic (exact) mass is 271 g/mol. The van der Waals surface area contributed by atoms with Crippen molar-refractivity contribution in [3.05, 3.63) is 70.2 Å². The van der Waals surface area contributed by atoms with E-state index in [2.05, 4.69) is 22.1 Å². The van der Waals surface area contributed by atoms with Crippen molar-refractivity contribution in [2.75, 3.05) is 7.05 Å². The van der Waals surface area contributed by atoms with Crippen LogP contribution in [-0.2, 0) is 0 Å². The molecule has 0 aliphatic carbocycles. The van der Waals surface area contributed by atoms with Crippen LogP contribution in [0.25, 0.3) is 10.8 Å². The summed E-state index contributed by atoms with van der Waals surface area (Å²) in [4.78, 5) is 0. The lowest BCUT2D eigenvalue weighted by atomic mass is 9.95. The summed E-state index contributed by atoms with van der Waals surface area (Å²) in [7, 11) is 1.93. The van der Waals surface area contributed by atoms with Crippen LogP contribution >= 0.6 is 11.3 Å². The Bertz CT molecular complexity index is 691. The number of hydrogen-bond donors (Lipinski definition) is 1. The molecule has 0 fully saturated rings. The molecule has 0 saturated carbocycles. The molecule has 96 valence electrons. The Morgan fingerprint density at radius 1 is 1.05 bits per heavy atom. The van der Waals surface area contributed by atoms with Gasteiger partial charge in [-0.05, 0) is 46.5 Å². The van der Waals surface area contributed by atoms with E-state index in [1.54, 1.807) is 17.4 Å². The molecule has 2 aromatic carbocycles. The normalized spacial score (nSPS) is 12.7. The quantitative estimate of drug-likeness (QED) is 0.746. The first-order valence-electron chi connectivity index (χ1n) is 6.18. The van der Waals surface area contributed by atoms with Gasteiger partial charge in [-0.3, -0.25) is 0 Å². The Balaban J connectivity index is 2.22. The molecule has 19 heavy (non-hydrogen) atoms. The van der Waals surface area contributed by atoms with E-state index >= 15 is 0 Å². The fourth-order valence-corrected chi connectivity index (χ4v) is 3.16. The lowest BCUT2D eigenvalue weighted by Gasteiger charge is -2.18. The molecule has 0 saturated heterocycles. The summed E-state index contributed by atoms with van der Waals surface area (Å²) < 4.78 is 13.9. The molecule has 1 heterocycles. The molecule has 0 spiro atoms. The fraction of sp³-hybridized carbons (Fsp3) is 0.125. The molecule has 0 aliphatic rings. The molecule has 3 rings (SSSR count). The molecule has 0 bridgehead atoms. The molecule has 3 heteroatoms. The summed E-state index contributed by atoms with van der Waals surface area (Å²) in [5, 5.41) is 9.14. The van der Waals surface area contributed by atoms with Crippen LogP contribution in [0.3, 0.4) is 0 Å². The van der Waals surface area contributed by atoms with Crippen LogP contribution in [0.15, 0.2) is 53.2 Å². The van der Waals surface area contributed by atoms with Crippen molar-refractivity contribution in [2.24, 2.45) is 0 Å². The van der Waals surface area contributed by atoms with E-state index in [9.17, 15) is 4.39 Å². The maximum absolute atomic E-state index is 13.9. The van der Waals surface area contributed by atoms with Gasteiger partial charge in [-0.2, -0.15) is 11.3 Å². The van der Waals surface area contributed by atoms with Gasteiger partial charge in [0.25, 0.3) is 0 Å². The molecule has 0 radical (unpaired) electrons. The van der Waals surface area contributed by atoms with Crippen LogP contribution in [0.2, 0.25) is 0 Å². The van der Waals surface area contributed by atoms with Crippen molar-refractivity contribution in [3.8, 4) is 0 Å². The highest BCUT2D eigenvalue weighted by atomic mass is 32.1. The van der Waals surface area contributed by atoms with Gasteiger partial charge < -0.3 is 5.32 Å². The Kier molecular flexibility index (Phi) is 3.32. The van der Waals surface area contributed by atoms with Crippen LogP contribution in [-0.4, -0.2) is 7.05 Å². The maximum Gasteiger partial charge on any atom is 0.131 e. The van der Waals surface area contributed by atoms with E-state index in [0.29, 0.717) is 5.39 Å². The number of rotatable bonds is 3. The fourth-order valence-electron chi connectivity index (χ4n) is 2.48. The summed E-state index contributed by atoms with van der Waals surface area (Å²) in [6, 6.07) is 13.2. The van der Waals surface area contributed by atoms with Gasteiger partial charge in [0.1, 0.15) is 5.82 Å². The number of benzene rings is 2. The average molecular weight is 271 g/mol. The first-order valence-corrected chi connectivity index (χ1v) is 7.12. The minimum absolute atomic E-state index is 0.0942. The number of thiophene rings is 1. The molecule has 1 unspecified atom stereocenters. The number of fused-ring (bicyclic) bond motifs is 1. The molecule has 0 amide bonds. The van der Waals surface area contributed by atoms with Gasteiger partial charge in [-0.15, -0.1) is 0 Å². The molecule has 3 aromatic rings. The molecule has 1 N–H and O–H groups in total. The highest BCUT2D eigenvalue weighted by Crippen LogP contribution is 2.31. The second kappa shape index (κ2) is 5.11. The lowest BCUT2D eigenvalue weighted by Crippen LogP contribution is -2.17. The van der Waals surface area contributed by atoms with Crippen molar-refractivity contribution in [1.29, 1.82) is 0 Å². The second-order valence-electron chi connectivity index (χ2n) is 4.46. The van der Waals surface area contributed by atoms with Crippen molar-refractivity contribution in [1.82, 2.24) is 5.32 Å². The van der Waals surface area contributed by atoms with Crippen molar-refractivity contribution >= 4 is 22.1 Å². The molecule has 1 aromatic heterocycles. The van der Waals surface area contributed by atoms with E-state index in [4.69, 9.17) is 0 Å². The van der Waals surface area contributed by atoms with Crippen LogP contribution in [0.4, 0.5) is 4.39 Å². The zero-order valence-electron chi connectivity index (χ0n) is 10.6. The van der Waals surface area contributed by atoms with Crippen LogP contribution in [0.5, 0.6) is 0 Å². The summed E-state index contributed by atoms with van der Waals surface area (Å²) in [5.41, 5.74) is 2.32. The minimum Gasteiger partial charge on any atom is -0.309 e. The van der Waals surface area contributed by atoms with Gasteiger partial charge in [0.2, 0.25) is 0 Å². The third-order valence-corrected chi connectivity index (χ3v) is 4.08. The molecule has 1 atom stereocenters. The van der Waals surface area contributed by atoms with E-state index in [1.807, 2.05) is 37.4 Å².